The number of carbonyl (C=O) groups excluding carboxylic acids is 1. The van der Waals surface area contributed by atoms with E-state index in [9.17, 15) is 14.9 Å². The minimum Gasteiger partial charge on any atom is -0.449 e. The number of nitro benzene ring substituents is 1. The predicted molar refractivity (Wildman–Crippen MR) is 91.8 cm³/mol. The molecule has 2 fully saturated rings. The molecule has 2 aliphatic heterocycles. The van der Waals surface area contributed by atoms with Crippen molar-refractivity contribution in [1.29, 1.82) is 0 Å². The number of carbonyl (C=O) groups is 1. The quantitative estimate of drug-likeness (QED) is 0.615. The van der Waals surface area contributed by atoms with E-state index in [0.717, 1.165) is 17.7 Å². The summed E-state index contributed by atoms with van der Waals surface area (Å²) in [6.45, 7) is 4.14. The number of pyridine rings is 1. The second-order valence-electron chi connectivity index (χ2n) is 6.41. The number of aromatic nitrogens is 1. The first-order valence-electron chi connectivity index (χ1n) is 8.27. The number of cyclic esters (lactones) is 1. The standard InChI is InChI=1S/C17H18N4O4/c1-11-9-18-13-3-2-4-14(21(23)24)15(13)16(11)19-6-7-20-12(10-19)5-8-25-17(20)22/h2-4,9,12H,5-8,10H2,1H3. The third-order valence-corrected chi connectivity index (χ3v) is 4.93. The Hall–Kier alpha value is -2.90. The fourth-order valence-corrected chi connectivity index (χ4v) is 3.77. The van der Waals surface area contributed by atoms with Gasteiger partial charge in [-0.05, 0) is 18.6 Å². The fourth-order valence-electron chi connectivity index (χ4n) is 3.77. The lowest BCUT2D eigenvalue weighted by Gasteiger charge is -2.44. The van der Waals surface area contributed by atoms with Gasteiger partial charge in [0.05, 0.1) is 28.8 Å². The smallest absolute Gasteiger partial charge is 0.410 e. The molecule has 1 amide bonds. The maximum atomic E-state index is 11.9. The van der Waals surface area contributed by atoms with E-state index >= 15 is 0 Å². The molecule has 0 saturated carbocycles. The lowest BCUT2D eigenvalue weighted by molar-refractivity contribution is -0.383. The van der Waals surface area contributed by atoms with Gasteiger partial charge in [0, 0.05) is 38.3 Å². The van der Waals surface area contributed by atoms with E-state index in [4.69, 9.17) is 4.74 Å². The van der Waals surface area contributed by atoms with E-state index in [2.05, 4.69) is 9.88 Å². The molecule has 1 atom stereocenters. The molecule has 0 bridgehead atoms. The van der Waals surface area contributed by atoms with Crippen molar-refractivity contribution in [2.24, 2.45) is 0 Å². The Morgan fingerprint density at radius 1 is 1.36 bits per heavy atom. The second kappa shape index (κ2) is 5.87. The number of non-ortho nitro benzene ring substituents is 1. The van der Waals surface area contributed by atoms with Gasteiger partial charge in [-0.25, -0.2) is 4.79 Å². The van der Waals surface area contributed by atoms with E-state index in [-0.39, 0.29) is 22.7 Å². The SMILES string of the molecule is Cc1cnc2cccc([N+](=O)[O-])c2c1N1CCN2C(=O)OCCC2C1. The molecule has 2 aromatic rings. The summed E-state index contributed by atoms with van der Waals surface area (Å²) >= 11 is 0. The van der Waals surface area contributed by atoms with Crippen molar-refractivity contribution >= 4 is 28.4 Å². The van der Waals surface area contributed by atoms with Crippen molar-refractivity contribution in [1.82, 2.24) is 9.88 Å². The third-order valence-electron chi connectivity index (χ3n) is 4.93. The number of hydrogen-bond donors (Lipinski definition) is 0. The van der Waals surface area contributed by atoms with E-state index in [1.54, 1.807) is 23.2 Å². The Labute approximate surface area is 144 Å². The summed E-state index contributed by atoms with van der Waals surface area (Å²) < 4.78 is 5.10. The molecule has 1 unspecified atom stereocenters. The number of aryl methyl sites for hydroxylation is 1. The second-order valence-corrected chi connectivity index (χ2v) is 6.41. The van der Waals surface area contributed by atoms with Crippen LogP contribution in [0.25, 0.3) is 10.9 Å². The Morgan fingerprint density at radius 2 is 2.20 bits per heavy atom. The van der Waals surface area contributed by atoms with Crippen molar-refractivity contribution in [3.8, 4) is 0 Å². The van der Waals surface area contributed by atoms with Gasteiger partial charge in [0.15, 0.2) is 0 Å². The number of piperazine rings is 1. The number of ether oxygens (including phenoxy) is 1. The van der Waals surface area contributed by atoms with Gasteiger partial charge in [-0.3, -0.25) is 15.1 Å². The molecular weight excluding hydrogens is 324 g/mol. The van der Waals surface area contributed by atoms with E-state index in [1.807, 2.05) is 6.92 Å². The molecular formula is C17H18N4O4. The van der Waals surface area contributed by atoms with Gasteiger partial charge in [0.25, 0.3) is 5.69 Å². The van der Waals surface area contributed by atoms with Crippen LogP contribution in [-0.2, 0) is 4.74 Å². The first-order chi connectivity index (χ1) is 12.1. The Bertz CT molecular complexity index is 869. The average molecular weight is 342 g/mol. The number of fused-ring (bicyclic) bond motifs is 2. The maximum absolute atomic E-state index is 11.9. The van der Waals surface area contributed by atoms with Crippen molar-refractivity contribution in [3.05, 3.63) is 40.1 Å². The molecule has 8 nitrogen and oxygen atoms in total. The Kier molecular flexibility index (Phi) is 3.67. The molecule has 1 aromatic heterocycles. The van der Waals surface area contributed by atoms with Gasteiger partial charge in [0.1, 0.15) is 5.39 Å². The Balaban J connectivity index is 1.80. The van der Waals surface area contributed by atoms with E-state index < -0.39 is 0 Å². The van der Waals surface area contributed by atoms with Crippen molar-refractivity contribution < 1.29 is 14.5 Å². The number of nitrogens with zero attached hydrogens (tertiary/aromatic N) is 4. The summed E-state index contributed by atoms with van der Waals surface area (Å²) in [7, 11) is 0. The van der Waals surface area contributed by atoms with Crippen LogP contribution in [0.4, 0.5) is 16.2 Å². The lowest BCUT2D eigenvalue weighted by atomic mass is 10.0. The van der Waals surface area contributed by atoms with Crippen LogP contribution in [-0.4, -0.2) is 53.2 Å². The number of rotatable bonds is 2. The van der Waals surface area contributed by atoms with Crippen LogP contribution in [0.5, 0.6) is 0 Å². The molecule has 3 heterocycles. The fraction of sp³-hybridized carbons (Fsp3) is 0.412. The van der Waals surface area contributed by atoms with E-state index in [0.29, 0.717) is 37.1 Å². The van der Waals surface area contributed by atoms with Crippen LogP contribution in [0.15, 0.2) is 24.4 Å². The molecule has 2 saturated heterocycles. The molecule has 0 N–H and O–H groups in total. The summed E-state index contributed by atoms with van der Waals surface area (Å²) in [6.07, 6.45) is 2.26. The molecule has 25 heavy (non-hydrogen) atoms. The predicted octanol–water partition coefficient (Wildman–Crippen LogP) is 2.48. The molecule has 8 heteroatoms. The van der Waals surface area contributed by atoms with Gasteiger partial charge >= 0.3 is 6.09 Å². The summed E-state index contributed by atoms with van der Waals surface area (Å²) in [5.41, 5.74) is 2.42. The largest absolute Gasteiger partial charge is 0.449 e. The normalized spacial score (nSPS) is 20.4. The van der Waals surface area contributed by atoms with Crippen LogP contribution in [0.3, 0.4) is 0 Å². The van der Waals surface area contributed by atoms with Crippen LogP contribution >= 0.6 is 0 Å². The lowest BCUT2D eigenvalue weighted by Crippen LogP contribution is -2.58. The molecule has 1 aromatic carbocycles. The zero-order valence-electron chi connectivity index (χ0n) is 13.8. The van der Waals surface area contributed by atoms with Gasteiger partial charge in [-0.2, -0.15) is 0 Å². The number of amides is 1. The summed E-state index contributed by atoms with van der Waals surface area (Å²) in [5, 5.41) is 12.1. The van der Waals surface area contributed by atoms with Crippen LogP contribution in [0.2, 0.25) is 0 Å². The minimum atomic E-state index is -0.360. The molecule has 0 radical (unpaired) electrons. The molecule has 130 valence electrons. The maximum Gasteiger partial charge on any atom is 0.410 e. The number of benzene rings is 1. The first-order valence-corrected chi connectivity index (χ1v) is 8.27. The third kappa shape index (κ3) is 2.54. The highest BCUT2D eigenvalue weighted by atomic mass is 16.6. The highest BCUT2D eigenvalue weighted by Crippen LogP contribution is 2.37. The molecule has 4 rings (SSSR count). The monoisotopic (exact) mass is 342 g/mol. The minimum absolute atomic E-state index is 0.0641. The number of hydrogen-bond acceptors (Lipinski definition) is 6. The average Bonchev–Trinajstić information content (AvgIpc) is 2.61. The van der Waals surface area contributed by atoms with Gasteiger partial charge in [-0.1, -0.05) is 6.07 Å². The van der Waals surface area contributed by atoms with Crippen molar-refractivity contribution in [2.45, 2.75) is 19.4 Å². The summed E-state index contributed by atoms with van der Waals surface area (Å²) in [4.78, 5) is 31.3. The zero-order valence-corrected chi connectivity index (χ0v) is 13.8. The Morgan fingerprint density at radius 3 is 3.00 bits per heavy atom. The number of nitro groups is 1. The van der Waals surface area contributed by atoms with Gasteiger partial charge < -0.3 is 14.5 Å². The number of anilines is 1. The highest BCUT2D eigenvalue weighted by molar-refractivity contribution is 6.00. The van der Waals surface area contributed by atoms with Crippen molar-refractivity contribution in [2.75, 3.05) is 31.1 Å². The zero-order chi connectivity index (χ0) is 17.6. The topological polar surface area (TPSA) is 88.8 Å². The molecule has 0 spiro atoms. The highest BCUT2D eigenvalue weighted by Gasteiger charge is 2.36. The van der Waals surface area contributed by atoms with Gasteiger partial charge in [-0.15, -0.1) is 0 Å². The molecule has 2 aliphatic rings. The van der Waals surface area contributed by atoms with Gasteiger partial charge in [0.2, 0.25) is 0 Å². The summed E-state index contributed by atoms with van der Waals surface area (Å²) in [6, 6.07) is 5.03. The van der Waals surface area contributed by atoms with Crippen LogP contribution in [0.1, 0.15) is 12.0 Å². The first kappa shape index (κ1) is 15.6. The van der Waals surface area contributed by atoms with Crippen molar-refractivity contribution in [3.63, 3.8) is 0 Å². The van der Waals surface area contributed by atoms with E-state index in [1.165, 1.54) is 6.07 Å². The van der Waals surface area contributed by atoms with Crippen LogP contribution < -0.4 is 4.90 Å². The summed E-state index contributed by atoms with van der Waals surface area (Å²) in [5.74, 6) is 0. The molecule has 0 aliphatic carbocycles. The van der Waals surface area contributed by atoms with Crippen LogP contribution in [0, 0.1) is 17.0 Å².